The van der Waals surface area contributed by atoms with Gasteiger partial charge in [0.15, 0.2) is 5.96 Å². The second-order valence-corrected chi connectivity index (χ2v) is 7.08. The molecular weight excluding hydrogens is 296 g/mol. The summed E-state index contributed by atoms with van der Waals surface area (Å²) in [5.41, 5.74) is 0.517. The molecule has 0 aromatic carbocycles. The first-order chi connectivity index (χ1) is 10.6. The quantitative estimate of drug-likeness (QED) is 0.554. The van der Waals surface area contributed by atoms with Crippen molar-refractivity contribution in [1.29, 1.82) is 0 Å². The monoisotopic (exact) mass is 324 g/mol. The summed E-state index contributed by atoms with van der Waals surface area (Å²) in [6, 6.07) is 0. The highest BCUT2D eigenvalue weighted by Crippen LogP contribution is 2.28. The van der Waals surface area contributed by atoms with Gasteiger partial charge in [-0.1, -0.05) is 19.3 Å². The van der Waals surface area contributed by atoms with Crippen LogP contribution in [0, 0.1) is 6.92 Å². The fourth-order valence-corrected chi connectivity index (χ4v) is 3.42. The predicted octanol–water partition coefficient (Wildman–Crippen LogP) is 2.24. The van der Waals surface area contributed by atoms with Gasteiger partial charge in [0.25, 0.3) is 0 Å². The van der Waals surface area contributed by atoms with E-state index in [2.05, 4.69) is 32.9 Å². The van der Waals surface area contributed by atoms with E-state index in [1.807, 2.05) is 6.92 Å². The molecule has 1 aliphatic carbocycles. The zero-order valence-electron chi connectivity index (χ0n) is 13.7. The number of nitrogens with one attached hydrogen (secondary N) is 2. The van der Waals surface area contributed by atoms with Crippen LogP contribution in [-0.4, -0.2) is 41.3 Å². The molecule has 1 saturated carbocycles. The van der Waals surface area contributed by atoms with E-state index in [4.69, 9.17) is 0 Å². The van der Waals surface area contributed by atoms with Crippen molar-refractivity contribution in [1.82, 2.24) is 15.6 Å². The first kappa shape index (κ1) is 17.2. The molecule has 1 heterocycles. The molecule has 1 fully saturated rings. The zero-order valence-corrected chi connectivity index (χ0v) is 14.5. The van der Waals surface area contributed by atoms with Crippen molar-refractivity contribution in [2.45, 2.75) is 58.0 Å². The van der Waals surface area contributed by atoms with E-state index in [0.29, 0.717) is 6.54 Å². The van der Waals surface area contributed by atoms with Gasteiger partial charge in [0.2, 0.25) is 0 Å². The summed E-state index contributed by atoms with van der Waals surface area (Å²) in [7, 11) is 0. The number of aliphatic imine (C=N–C) groups is 1. The van der Waals surface area contributed by atoms with E-state index < -0.39 is 5.60 Å². The highest BCUT2D eigenvalue weighted by molar-refractivity contribution is 7.09. The van der Waals surface area contributed by atoms with E-state index in [1.165, 1.54) is 6.42 Å². The number of hydrogen-bond donors (Lipinski definition) is 3. The van der Waals surface area contributed by atoms with Crippen LogP contribution in [0.1, 0.15) is 49.7 Å². The Morgan fingerprint density at radius 3 is 2.77 bits per heavy atom. The van der Waals surface area contributed by atoms with Gasteiger partial charge in [-0.25, -0.2) is 4.98 Å². The second kappa shape index (κ2) is 8.48. The van der Waals surface area contributed by atoms with Crippen LogP contribution in [0.4, 0.5) is 0 Å². The van der Waals surface area contributed by atoms with Crippen LogP contribution in [0.3, 0.4) is 0 Å². The molecule has 0 spiro atoms. The van der Waals surface area contributed by atoms with Crippen LogP contribution in [0.15, 0.2) is 10.4 Å². The van der Waals surface area contributed by atoms with Gasteiger partial charge >= 0.3 is 0 Å². The fraction of sp³-hybridized carbons (Fsp3) is 0.750. The highest BCUT2D eigenvalue weighted by Gasteiger charge is 2.28. The van der Waals surface area contributed by atoms with E-state index >= 15 is 0 Å². The Morgan fingerprint density at radius 2 is 2.14 bits per heavy atom. The largest absolute Gasteiger partial charge is 0.388 e. The van der Waals surface area contributed by atoms with Gasteiger partial charge < -0.3 is 15.7 Å². The molecule has 1 aromatic heterocycles. The Hall–Kier alpha value is -1.14. The SMILES string of the molecule is CCNC(=NCC1(O)CCCCC1)NCCc1csc(C)n1. The molecule has 6 heteroatoms. The zero-order chi connectivity index (χ0) is 15.8. The van der Waals surface area contributed by atoms with Crippen molar-refractivity contribution >= 4 is 17.3 Å². The summed E-state index contributed by atoms with van der Waals surface area (Å²) in [5, 5.41) is 20.3. The maximum Gasteiger partial charge on any atom is 0.191 e. The van der Waals surface area contributed by atoms with Gasteiger partial charge in [-0.15, -0.1) is 11.3 Å². The molecule has 0 atom stereocenters. The van der Waals surface area contributed by atoms with E-state index in [1.54, 1.807) is 11.3 Å². The molecule has 1 aromatic rings. The van der Waals surface area contributed by atoms with E-state index in [-0.39, 0.29) is 0 Å². The van der Waals surface area contributed by atoms with Crippen molar-refractivity contribution < 1.29 is 5.11 Å². The van der Waals surface area contributed by atoms with Crippen LogP contribution in [0.2, 0.25) is 0 Å². The Balaban J connectivity index is 1.81. The molecule has 3 N–H and O–H groups in total. The minimum absolute atomic E-state index is 0.484. The van der Waals surface area contributed by atoms with Crippen LogP contribution < -0.4 is 10.6 Å². The number of rotatable bonds is 6. The third kappa shape index (κ3) is 5.57. The number of aliphatic hydroxyl groups is 1. The fourth-order valence-electron chi connectivity index (χ4n) is 2.77. The van der Waals surface area contributed by atoms with Gasteiger partial charge in [0, 0.05) is 24.9 Å². The third-order valence-corrected chi connectivity index (χ3v) is 4.82. The van der Waals surface area contributed by atoms with Crippen molar-refractivity contribution in [3.05, 3.63) is 16.1 Å². The van der Waals surface area contributed by atoms with Crippen molar-refractivity contribution in [3.63, 3.8) is 0 Å². The standard InChI is InChI=1S/C16H28N4OS/c1-3-17-15(18-10-7-14-11-22-13(2)20-14)19-12-16(21)8-5-4-6-9-16/h11,21H,3-10,12H2,1-2H3,(H2,17,18,19). The molecule has 0 amide bonds. The summed E-state index contributed by atoms with van der Waals surface area (Å²) >= 11 is 1.68. The molecule has 0 saturated heterocycles. The minimum atomic E-state index is -0.605. The van der Waals surface area contributed by atoms with Crippen molar-refractivity contribution in [3.8, 4) is 0 Å². The maximum atomic E-state index is 10.5. The number of aryl methyl sites for hydroxylation is 1. The molecule has 0 radical (unpaired) electrons. The lowest BCUT2D eigenvalue weighted by molar-refractivity contribution is 0.0131. The molecular formula is C16H28N4OS. The molecule has 0 aliphatic heterocycles. The highest BCUT2D eigenvalue weighted by atomic mass is 32.1. The molecule has 22 heavy (non-hydrogen) atoms. The number of aromatic nitrogens is 1. The first-order valence-corrected chi connectivity index (χ1v) is 9.15. The van der Waals surface area contributed by atoms with Gasteiger partial charge in [-0.3, -0.25) is 4.99 Å². The molecule has 1 aliphatic rings. The lowest BCUT2D eigenvalue weighted by atomic mass is 9.85. The van der Waals surface area contributed by atoms with Crippen LogP contribution in [-0.2, 0) is 6.42 Å². The van der Waals surface area contributed by atoms with Gasteiger partial charge in [0.05, 0.1) is 22.8 Å². The Morgan fingerprint density at radius 1 is 1.36 bits per heavy atom. The van der Waals surface area contributed by atoms with Crippen molar-refractivity contribution in [2.24, 2.45) is 4.99 Å². The number of thiazole rings is 1. The summed E-state index contributed by atoms with van der Waals surface area (Å²) in [6.07, 6.45) is 6.08. The van der Waals surface area contributed by atoms with E-state index in [9.17, 15) is 5.11 Å². The summed E-state index contributed by atoms with van der Waals surface area (Å²) in [6.45, 7) is 6.18. The van der Waals surface area contributed by atoms with E-state index in [0.717, 1.165) is 61.9 Å². The normalized spacial score (nSPS) is 18.2. The number of guanidine groups is 1. The van der Waals surface area contributed by atoms with Crippen LogP contribution in [0.25, 0.3) is 0 Å². The average molecular weight is 324 g/mol. The van der Waals surface area contributed by atoms with Crippen LogP contribution >= 0.6 is 11.3 Å². The smallest absolute Gasteiger partial charge is 0.191 e. The molecule has 2 rings (SSSR count). The predicted molar refractivity (Wildman–Crippen MR) is 92.6 cm³/mol. The van der Waals surface area contributed by atoms with Crippen LogP contribution in [0.5, 0.6) is 0 Å². The lowest BCUT2D eigenvalue weighted by Crippen LogP contribution is -2.41. The molecule has 124 valence electrons. The molecule has 0 unspecified atom stereocenters. The summed E-state index contributed by atoms with van der Waals surface area (Å²) < 4.78 is 0. The molecule has 5 nitrogen and oxygen atoms in total. The first-order valence-electron chi connectivity index (χ1n) is 8.27. The number of nitrogens with zero attached hydrogens (tertiary/aromatic N) is 2. The van der Waals surface area contributed by atoms with Gasteiger partial charge in [0.1, 0.15) is 0 Å². The Bertz CT molecular complexity index is 480. The minimum Gasteiger partial charge on any atom is -0.388 e. The maximum absolute atomic E-state index is 10.5. The third-order valence-electron chi connectivity index (χ3n) is 4.00. The topological polar surface area (TPSA) is 69.5 Å². The Kier molecular flexibility index (Phi) is 6.64. The molecule has 0 bridgehead atoms. The second-order valence-electron chi connectivity index (χ2n) is 6.01. The summed E-state index contributed by atoms with van der Waals surface area (Å²) in [4.78, 5) is 9.03. The Labute approximate surface area is 137 Å². The van der Waals surface area contributed by atoms with Crippen molar-refractivity contribution in [2.75, 3.05) is 19.6 Å². The number of hydrogen-bond acceptors (Lipinski definition) is 4. The summed E-state index contributed by atoms with van der Waals surface area (Å²) in [5.74, 6) is 0.786. The lowest BCUT2D eigenvalue weighted by Gasteiger charge is -2.30. The average Bonchev–Trinajstić information content (AvgIpc) is 2.91. The van der Waals surface area contributed by atoms with Gasteiger partial charge in [-0.05, 0) is 26.7 Å². The van der Waals surface area contributed by atoms with Gasteiger partial charge in [-0.2, -0.15) is 0 Å².